The highest BCUT2D eigenvalue weighted by Gasteiger charge is 2.23. The molecule has 0 aromatic carbocycles. The van der Waals surface area contributed by atoms with Crippen LogP contribution < -0.4 is 15.0 Å². The number of hydrogen-bond acceptors (Lipinski definition) is 5. The first-order chi connectivity index (χ1) is 12.0. The fourth-order valence-corrected chi connectivity index (χ4v) is 2.94. The second-order valence-corrected chi connectivity index (χ2v) is 6.40. The maximum Gasteiger partial charge on any atom is 0.227 e. The summed E-state index contributed by atoms with van der Waals surface area (Å²) in [7, 11) is 1.57. The number of piperazine rings is 1. The van der Waals surface area contributed by atoms with E-state index in [4.69, 9.17) is 4.74 Å². The van der Waals surface area contributed by atoms with E-state index in [-0.39, 0.29) is 17.7 Å². The molecular weight excluding hydrogens is 320 g/mol. The number of anilines is 2. The van der Waals surface area contributed by atoms with Gasteiger partial charge in [-0.05, 0) is 12.5 Å². The predicted octanol–water partition coefficient (Wildman–Crippen LogP) is 2.13. The van der Waals surface area contributed by atoms with Crippen molar-refractivity contribution in [3.63, 3.8) is 0 Å². The van der Waals surface area contributed by atoms with Gasteiger partial charge in [0.1, 0.15) is 0 Å². The molecule has 2 amide bonds. The quantitative estimate of drug-likeness (QED) is 0.852. The molecule has 0 spiro atoms. The molecule has 0 bridgehead atoms. The Bertz CT molecular complexity index is 612. The number of rotatable bonds is 6. The van der Waals surface area contributed by atoms with Gasteiger partial charge in [0.15, 0.2) is 5.82 Å². The highest BCUT2D eigenvalue weighted by molar-refractivity contribution is 5.95. The van der Waals surface area contributed by atoms with Crippen LogP contribution in [0.4, 0.5) is 11.5 Å². The molecule has 1 aromatic rings. The number of amides is 2. The summed E-state index contributed by atoms with van der Waals surface area (Å²) in [5.41, 5.74) is 0.685. The average Bonchev–Trinajstić information content (AvgIpc) is 2.62. The number of carbonyl (C=O) groups excluding carboxylic acids is 2. The minimum Gasteiger partial charge on any atom is -0.481 e. The van der Waals surface area contributed by atoms with Crippen molar-refractivity contribution in [2.45, 2.75) is 33.6 Å². The Morgan fingerprint density at radius 3 is 2.52 bits per heavy atom. The summed E-state index contributed by atoms with van der Waals surface area (Å²) >= 11 is 0. The number of methoxy groups -OCH3 is 1. The molecule has 1 atom stereocenters. The van der Waals surface area contributed by atoms with Crippen LogP contribution in [0.5, 0.6) is 5.88 Å². The minimum atomic E-state index is -0.0467. The largest absolute Gasteiger partial charge is 0.481 e. The van der Waals surface area contributed by atoms with Crippen molar-refractivity contribution < 1.29 is 14.3 Å². The van der Waals surface area contributed by atoms with Gasteiger partial charge in [0, 0.05) is 45.1 Å². The van der Waals surface area contributed by atoms with Crippen LogP contribution >= 0.6 is 0 Å². The average molecular weight is 348 g/mol. The second kappa shape index (κ2) is 8.69. The topological polar surface area (TPSA) is 74.8 Å². The third-order valence-corrected chi connectivity index (χ3v) is 4.51. The number of nitrogens with one attached hydrogen (secondary N) is 1. The van der Waals surface area contributed by atoms with Crippen LogP contribution in [0.1, 0.15) is 33.6 Å². The van der Waals surface area contributed by atoms with Gasteiger partial charge in [0.05, 0.1) is 12.8 Å². The highest BCUT2D eigenvalue weighted by Crippen LogP contribution is 2.28. The van der Waals surface area contributed by atoms with Crippen molar-refractivity contribution in [1.82, 2.24) is 9.88 Å². The van der Waals surface area contributed by atoms with Gasteiger partial charge in [-0.25, -0.2) is 0 Å². The maximum atomic E-state index is 12.4. The van der Waals surface area contributed by atoms with Crippen molar-refractivity contribution >= 4 is 23.3 Å². The lowest BCUT2D eigenvalue weighted by atomic mass is 10.1. The molecule has 1 aliphatic rings. The Morgan fingerprint density at radius 2 is 1.96 bits per heavy atom. The molecule has 0 radical (unpaired) electrons. The Hall–Kier alpha value is -2.31. The molecule has 1 N–H and O–H groups in total. The van der Waals surface area contributed by atoms with Crippen LogP contribution in [0, 0.1) is 5.92 Å². The van der Waals surface area contributed by atoms with Crippen molar-refractivity contribution in [1.29, 1.82) is 0 Å². The molecule has 0 aliphatic carbocycles. The van der Waals surface area contributed by atoms with Gasteiger partial charge >= 0.3 is 0 Å². The SMILES string of the molecule is CCC[C@@H](C)C(=O)Nc1ccc(OC)nc1N1CCN(C(C)=O)CC1. The van der Waals surface area contributed by atoms with Gasteiger partial charge in [-0.1, -0.05) is 20.3 Å². The fraction of sp³-hybridized carbons (Fsp3) is 0.611. The Balaban J connectivity index is 2.18. The first-order valence-corrected chi connectivity index (χ1v) is 8.82. The summed E-state index contributed by atoms with van der Waals surface area (Å²) in [6, 6.07) is 3.57. The van der Waals surface area contributed by atoms with Gasteiger partial charge in [-0.3, -0.25) is 9.59 Å². The predicted molar refractivity (Wildman–Crippen MR) is 98.0 cm³/mol. The molecule has 25 heavy (non-hydrogen) atoms. The van der Waals surface area contributed by atoms with E-state index in [0.29, 0.717) is 43.6 Å². The lowest BCUT2D eigenvalue weighted by Gasteiger charge is -2.35. The fourth-order valence-electron chi connectivity index (χ4n) is 2.94. The number of ether oxygens (including phenoxy) is 1. The van der Waals surface area contributed by atoms with Crippen LogP contribution in [-0.2, 0) is 9.59 Å². The number of carbonyl (C=O) groups is 2. The molecule has 7 nitrogen and oxygen atoms in total. The second-order valence-electron chi connectivity index (χ2n) is 6.40. The molecule has 1 saturated heterocycles. The zero-order valence-corrected chi connectivity index (χ0v) is 15.5. The number of nitrogens with zero attached hydrogens (tertiary/aromatic N) is 3. The molecule has 138 valence electrons. The summed E-state index contributed by atoms with van der Waals surface area (Å²) < 4.78 is 5.24. The monoisotopic (exact) mass is 348 g/mol. The Morgan fingerprint density at radius 1 is 1.28 bits per heavy atom. The van der Waals surface area contributed by atoms with Gasteiger partial charge in [0.25, 0.3) is 0 Å². The van der Waals surface area contributed by atoms with E-state index < -0.39 is 0 Å². The van der Waals surface area contributed by atoms with E-state index >= 15 is 0 Å². The lowest BCUT2D eigenvalue weighted by Crippen LogP contribution is -2.48. The van der Waals surface area contributed by atoms with E-state index in [1.807, 2.05) is 17.9 Å². The van der Waals surface area contributed by atoms with Gasteiger partial charge in [-0.15, -0.1) is 0 Å². The maximum absolute atomic E-state index is 12.4. The van der Waals surface area contributed by atoms with Gasteiger partial charge < -0.3 is 19.9 Å². The molecular formula is C18H28N4O3. The van der Waals surface area contributed by atoms with Crippen molar-refractivity contribution in [2.24, 2.45) is 5.92 Å². The molecule has 7 heteroatoms. The summed E-state index contributed by atoms with van der Waals surface area (Å²) in [5.74, 6) is 1.23. The van der Waals surface area contributed by atoms with E-state index in [2.05, 4.69) is 22.1 Å². The van der Waals surface area contributed by atoms with Gasteiger partial charge in [-0.2, -0.15) is 4.98 Å². The molecule has 1 fully saturated rings. The van der Waals surface area contributed by atoms with Crippen LogP contribution in [-0.4, -0.2) is 55.0 Å². The molecule has 2 rings (SSSR count). The molecule has 1 aromatic heterocycles. The number of hydrogen-bond donors (Lipinski definition) is 1. The van der Waals surface area contributed by atoms with E-state index in [1.165, 1.54) is 0 Å². The zero-order valence-electron chi connectivity index (χ0n) is 15.5. The molecule has 2 heterocycles. The summed E-state index contributed by atoms with van der Waals surface area (Å²) in [6.07, 6.45) is 1.82. The van der Waals surface area contributed by atoms with Crippen molar-refractivity contribution in [3.05, 3.63) is 12.1 Å². The smallest absolute Gasteiger partial charge is 0.227 e. The van der Waals surface area contributed by atoms with Crippen LogP contribution in [0.2, 0.25) is 0 Å². The normalized spacial score (nSPS) is 15.7. The first-order valence-electron chi connectivity index (χ1n) is 8.82. The summed E-state index contributed by atoms with van der Waals surface area (Å²) in [4.78, 5) is 32.3. The van der Waals surface area contributed by atoms with Crippen molar-refractivity contribution in [2.75, 3.05) is 43.5 Å². The Labute approximate surface area is 149 Å². The third kappa shape index (κ3) is 4.84. The van der Waals surface area contributed by atoms with E-state index in [1.54, 1.807) is 20.1 Å². The van der Waals surface area contributed by atoms with Crippen LogP contribution in [0.3, 0.4) is 0 Å². The lowest BCUT2D eigenvalue weighted by molar-refractivity contribution is -0.129. The summed E-state index contributed by atoms with van der Waals surface area (Å²) in [6.45, 7) is 8.22. The third-order valence-electron chi connectivity index (χ3n) is 4.51. The standard InChI is InChI=1S/C18H28N4O3/c1-5-6-13(2)18(24)19-15-7-8-16(25-4)20-17(15)22-11-9-21(10-12-22)14(3)23/h7-8,13H,5-6,9-12H2,1-4H3,(H,19,24)/t13-/m1/s1. The van der Waals surface area contributed by atoms with Gasteiger partial charge in [0.2, 0.25) is 17.7 Å². The summed E-state index contributed by atoms with van der Waals surface area (Å²) in [5, 5.41) is 3.00. The van der Waals surface area contributed by atoms with E-state index in [9.17, 15) is 9.59 Å². The Kier molecular flexibility index (Phi) is 6.61. The first kappa shape index (κ1) is 19.0. The highest BCUT2D eigenvalue weighted by atomic mass is 16.5. The van der Waals surface area contributed by atoms with Crippen LogP contribution in [0.25, 0.3) is 0 Å². The number of pyridine rings is 1. The molecule has 0 unspecified atom stereocenters. The van der Waals surface area contributed by atoms with Crippen LogP contribution in [0.15, 0.2) is 12.1 Å². The number of aromatic nitrogens is 1. The molecule has 0 saturated carbocycles. The van der Waals surface area contributed by atoms with E-state index in [0.717, 1.165) is 12.8 Å². The van der Waals surface area contributed by atoms with Crippen molar-refractivity contribution in [3.8, 4) is 5.88 Å². The zero-order chi connectivity index (χ0) is 18.4. The minimum absolute atomic E-state index is 0.00237. The molecule has 1 aliphatic heterocycles.